The van der Waals surface area contributed by atoms with Crippen LogP contribution in [0.2, 0.25) is 10.2 Å². The van der Waals surface area contributed by atoms with Crippen LogP contribution in [0.4, 0.5) is 10.8 Å². The molecule has 158 valence electrons. The normalized spacial score (nSPS) is 12.2. The summed E-state index contributed by atoms with van der Waals surface area (Å²) in [5.74, 6) is 0.0280. The fraction of sp³-hybridized carbons (Fsp3) is 0.0556. The number of anilines is 2. The second-order valence-corrected chi connectivity index (χ2v) is 7.66. The van der Waals surface area contributed by atoms with E-state index in [9.17, 15) is 9.59 Å². The number of aromatic nitrogens is 4. The zero-order valence-corrected chi connectivity index (χ0v) is 18.2. The Balaban J connectivity index is 1.71. The highest BCUT2D eigenvalue weighted by Crippen LogP contribution is 2.27. The van der Waals surface area contributed by atoms with Crippen LogP contribution in [0.1, 0.15) is 11.3 Å². The Bertz CT molecular complexity index is 1640. The van der Waals surface area contributed by atoms with Gasteiger partial charge >= 0.3 is 0 Å². The fourth-order valence-corrected chi connectivity index (χ4v) is 3.46. The van der Waals surface area contributed by atoms with Gasteiger partial charge in [0, 0.05) is 0 Å². The smallest absolute Gasteiger partial charge is 0.237 e. The number of hydrogen-bond acceptors (Lipinski definition) is 12. The summed E-state index contributed by atoms with van der Waals surface area (Å²) in [6.45, 7) is 1.71. The van der Waals surface area contributed by atoms with Crippen LogP contribution in [0.5, 0.6) is 0 Å². The molecule has 0 spiro atoms. The topological polar surface area (TPSA) is 158 Å². The molecule has 0 amide bonds. The molecule has 0 fully saturated rings. The molecule has 0 atom stereocenters. The first-order chi connectivity index (χ1) is 15.4. The highest BCUT2D eigenvalue weighted by molar-refractivity contribution is 7.11. The number of benzene rings is 1. The first-order valence-electron chi connectivity index (χ1n) is 8.66. The molecule has 14 heteroatoms. The molecule has 11 nitrogen and oxygen atoms in total. The molecule has 1 aromatic carbocycles. The molecule has 0 saturated heterocycles. The highest BCUT2D eigenvalue weighted by atomic mass is 35.5. The highest BCUT2D eigenvalue weighted by Gasteiger charge is 2.11. The van der Waals surface area contributed by atoms with Crippen molar-refractivity contribution in [3.63, 3.8) is 0 Å². The Hall–Kier alpha value is -3.79. The van der Waals surface area contributed by atoms with E-state index < -0.39 is 16.2 Å². The molecular weight excluding hydrogens is 477 g/mol. The van der Waals surface area contributed by atoms with Gasteiger partial charge in [0.25, 0.3) is 0 Å². The molecule has 4 aromatic rings. The minimum absolute atomic E-state index is 0.0141. The average Bonchev–Trinajstić information content (AvgIpc) is 3.16. The summed E-state index contributed by atoms with van der Waals surface area (Å²) in [7, 11) is 0. The standard InChI is InChI=1S/C18H9Cl2N9O2S/c1-7-8(5-21)4-10-13(24-7)18(32-29-10)28-25-9-2-3-11(30)14(15(9)31)26-27-17-12(19)16(20)22-6-23-17/h2-4,6,28H,1H3,(H,22,23,27)/b25-9+,26-14+. The van der Waals surface area contributed by atoms with E-state index in [2.05, 4.69) is 46.4 Å². The van der Waals surface area contributed by atoms with Gasteiger partial charge in [0.1, 0.15) is 33.8 Å². The maximum Gasteiger partial charge on any atom is 0.237 e. The van der Waals surface area contributed by atoms with Crippen molar-refractivity contribution in [2.75, 3.05) is 10.9 Å². The summed E-state index contributed by atoms with van der Waals surface area (Å²) in [5, 5.41) is 17.0. The number of pyridine rings is 1. The number of fused-ring (bicyclic) bond motifs is 1. The van der Waals surface area contributed by atoms with Gasteiger partial charge in [-0.3, -0.25) is 20.4 Å². The molecule has 32 heavy (non-hydrogen) atoms. The Kier molecular flexibility index (Phi) is 5.87. The lowest BCUT2D eigenvalue weighted by Crippen LogP contribution is -2.48. The number of nitrogens with zero attached hydrogens (tertiary/aromatic N) is 7. The van der Waals surface area contributed by atoms with Gasteiger partial charge in [-0.15, -0.1) is 0 Å². The van der Waals surface area contributed by atoms with E-state index in [0.29, 0.717) is 27.3 Å². The molecule has 0 aliphatic rings. The monoisotopic (exact) mass is 485 g/mol. The summed E-state index contributed by atoms with van der Waals surface area (Å²) in [5.41, 5.74) is 5.82. The number of halogens is 2. The quantitative estimate of drug-likeness (QED) is 0.321. The number of nitriles is 1. The van der Waals surface area contributed by atoms with Gasteiger partial charge in [0.05, 0.1) is 11.3 Å². The zero-order valence-electron chi connectivity index (χ0n) is 15.9. The lowest BCUT2D eigenvalue weighted by atomic mass is 10.2. The largest absolute Gasteiger partial charge is 0.287 e. The second kappa shape index (κ2) is 8.75. The van der Waals surface area contributed by atoms with Crippen molar-refractivity contribution >= 4 is 56.6 Å². The average molecular weight is 486 g/mol. The minimum atomic E-state index is -0.724. The predicted octanol–water partition coefficient (Wildman–Crippen LogP) is 1.42. The Labute approximate surface area is 192 Å². The molecule has 2 N–H and O–H groups in total. The van der Waals surface area contributed by atoms with Gasteiger partial charge < -0.3 is 0 Å². The van der Waals surface area contributed by atoms with Gasteiger partial charge in [-0.25, -0.2) is 15.0 Å². The van der Waals surface area contributed by atoms with Gasteiger partial charge in [-0.1, -0.05) is 23.2 Å². The van der Waals surface area contributed by atoms with Crippen molar-refractivity contribution in [1.29, 1.82) is 5.26 Å². The van der Waals surface area contributed by atoms with Crippen LogP contribution in [0, 0.1) is 18.3 Å². The van der Waals surface area contributed by atoms with Crippen LogP contribution in [0.15, 0.2) is 44.3 Å². The van der Waals surface area contributed by atoms with E-state index in [0.717, 1.165) is 23.9 Å². The van der Waals surface area contributed by atoms with Crippen LogP contribution < -0.4 is 32.4 Å². The van der Waals surface area contributed by atoms with Gasteiger partial charge in [0.2, 0.25) is 10.9 Å². The second-order valence-electron chi connectivity index (χ2n) is 6.15. The van der Waals surface area contributed by atoms with Crippen LogP contribution in [0.25, 0.3) is 11.0 Å². The van der Waals surface area contributed by atoms with Crippen molar-refractivity contribution < 1.29 is 0 Å². The molecule has 0 bridgehead atoms. The molecule has 3 heterocycles. The summed E-state index contributed by atoms with van der Waals surface area (Å²) in [6, 6.07) is 6.09. The zero-order chi connectivity index (χ0) is 22.8. The predicted molar refractivity (Wildman–Crippen MR) is 119 cm³/mol. The van der Waals surface area contributed by atoms with E-state index in [1.165, 1.54) is 6.07 Å². The van der Waals surface area contributed by atoms with Crippen LogP contribution >= 0.6 is 34.7 Å². The molecule has 0 unspecified atom stereocenters. The summed E-state index contributed by atoms with van der Waals surface area (Å²) >= 11 is 12.8. The van der Waals surface area contributed by atoms with Gasteiger partial charge in [0.15, 0.2) is 21.3 Å². The Morgan fingerprint density at radius 3 is 2.75 bits per heavy atom. The van der Waals surface area contributed by atoms with Crippen LogP contribution in [-0.4, -0.2) is 19.3 Å². The Morgan fingerprint density at radius 2 is 1.97 bits per heavy atom. The van der Waals surface area contributed by atoms with Gasteiger partial charge in [-0.05, 0) is 36.7 Å². The van der Waals surface area contributed by atoms with Crippen molar-refractivity contribution in [1.82, 2.24) is 19.3 Å². The first-order valence-corrected chi connectivity index (χ1v) is 10.2. The van der Waals surface area contributed by atoms with Crippen LogP contribution in [0.3, 0.4) is 0 Å². The van der Waals surface area contributed by atoms with Crippen molar-refractivity contribution in [2.24, 2.45) is 10.2 Å². The number of aryl methyl sites for hydroxylation is 1. The third kappa shape index (κ3) is 4.04. The number of hydrogen-bond donors (Lipinski definition) is 2. The third-order valence-electron chi connectivity index (χ3n) is 4.14. The summed E-state index contributed by atoms with van der Waals surface area (Å²) in [6.07, 6.45) is 1.15. The lowest BCUT2D eigenvalue weighted by molar-refractivity contribution is 1.08. The third-order valence-corrected chi connectivity index (χ3v) is 5.63. The number of nitrogens with one attached hydrogen (secondary N) is 2. The first kappa shape index (κ1) is 21.4. The van der Waals surface area contributed by atoms with Gasteiger partial charge in [-0.2, -0.15) is 19.8 Å². The molecule has 0 radical (unpaired) electrons. The maximum atomic E-state index is 12.7. The maximum absolute atomic E-state index is 12.7. The molecule has 4 rings (SSSR count). The molecule has 0 aliphatic carbocycles. The summed E-state index contributed by atoms with van der Waals surface area (Å²) in [4.78, 5) is 36.7. The van der Waals surface area contributed by atoms with Crippen molar-refractivity contribution in [2.45, 2.75) is 6.92 Å². The van der Waals surface area contributed by atoms with E-state index in [4.69, 9.17) is 28.5 Å². The minimum Gasteiger partial charge on any atom is -0.287 e. The van der Waals surface area contributed by atoms with Crippen molar-refractivity contribution in [3.8, 4) is 6.07 Å². The van der Waals surface area contributed by atoms with Crippen molar-refractivity contribution in [3.05, 3.63) is 77.1 Å². The van der Waals surface area contributed by atoms with E-state index >= 15 is 0 Å². The fourth-order valence-electron chi connectivity index (χ4n) is 2.54. The lowest BCUT2D eigenvalue weighted by Gasteiger charge is -2.01. The van der Waals surface area contributed by atoms with E-state index in [1.54, 1.807) is 13.0 Å². The Morgan fingerprint density at radius 1 is 1.16 bits per heavy atom. The SMILES string of the molecule is Cc1nc2c(N/N=c3\ccc(=O)/c(=N\Nc4ncnc(Cl)c4Cl)c3=O)snc2cc1C#N. The molecular formula is C18H9Cl2N9O2S. The number of rotatable bonds is 4. The molecule has 3 aromatic heterocycles. The van der Waals surface area contributed by atoms with E-state index in [-0.39, 0.29) is 21.4 Å². The van der Waals surface area contributed by atoms with Crippen LogP contribution in [-0.2, 0) is 0 Å². The summed E-state index contributed by atoms with van der Waals surface area (Å²) < 4.78 is 4.23. The molecule has 0 saturated carbocycles. The molecule has 0 aliphatic heterocycles. The van der Waals surface area contributed by atoms with E-state index in [1.807, 2.05) is 0 Å².